The highest BCUT2D eigenvalue weighted by Crippen LogP contribution is 2.27. The molecule has 120 valence electrons. The summed E-state index contributed by atoms with van der Waals surface area (Å²) in [5, 5.41) is 6.97. The number of nitrogens with zero attached hydrogens (tertiary/aromatic N) is 4. The molecule has 3 rings (SSSR count). The molecule has 0 bridgehead atoms. The Morgan fingerprint density at radius 2 is 2.13 bits per heavy atom. The van der Waals surface area contributed by atoms with Crippen molar-refractivity contribution in [2.45, 2.75) is 20.0 Å². The van der Waals surface area contributed by atoms with Crippen LogP contribution in [0.5, 0.6) is 5.75 Å². The summed E-state index contributed by atoms with van der Waals surface area (Å²) < 4.78 is 10.2. The van der Waals surface area contributed by atoms with Crippen LogP contribution in [0.2, 0.25) is 0 Å². The highest BCUT2D eigenvalue weighted by molar-refractivity contribution is 7.13. The Kier molecular flexibility index (Phi) is 4.68. The van der Waals surface area contributed by atoms with E-state index in [2.05, 4.69) is 20.4 Å². The monoisotopic (exact) mass is 330 g/mol. The minimum atomic E-state index is 0.586. The van der Waals surface area contributed by atoms with Crippen LogP contribution in [0.1, 0.15) is 17.4 Å². The molecule has 0 fully saturated rings. The molecule has 2 heterocycles. The van der Waals surface area contributed by atoms with Crippen LogP contribution in [0.15, 0.2) is 34.2 Å². The van der Waals surface area contributed by atoms with Gasteiger partial charge in [0.05, 0.1) is 19.3 Å². The summed E-state index contributed by atoms with van der Waals surface area (Å²) in [5.74, 6) is 2.11. The summed E-state index contributed by atoms with van der Waals surface area (Å²) in [7, 11) is 3.68. The van der Waals surface area contributed by atoms with E-state index in [1.165, 1.54) is 0 Å². The average Bonchev–Trinajstić information content (AvgIpc) is 3.16. The van der Waals surface area contributed by atoms with Crippen molar-refractivity contribution < 1.29 is 9.26 Å². The van der Waals surface area contributed by atoms with Gasteiger partial charge in [0.2, 0.25) is 5.89 Å². The smallest absolute Gasteiger partial charge is 0.223 e. The molecule has 3 aromatic rings. The third-order valence-electron chi connectivity index (χ3n) is 3.28. The van der Waals surface area contributed by atoms with Crippen LogP contribution in [0.3, 0.4) is 0 Å². The molecule has 1 aromatic carbocycles. The van der Waals surface area contributed by atoms with E-state index < -0.39 is 0 Å². The third kappa shape index (κ3) is 3.94. The standard InChI is InChI=1S/C16H18N4O2S/c1-11-17-15(19-22-11)9-20(2)8-13-10-23-16(18-13)12-5-4-6-14(7-12)21-3/h4-7,10H,8-9H2,1-3H3. The largest absolute Gasteiger partial charge is 0.497 e. The summed E-state index contributed by atoms with van der Waals surface area (Å²) in [4.78, 5) is 11.0. The van der Waals surface area contributed by atoms with Gasteiger partial charge in [-0.1, -0.05) is 17.3 Å². The zero-order chi connectivity index (χ0) is 16.2. The minimum Gasteiger partial charge on any atom is -0.497 e. The van der Waals surface area contributed by atoms with E-state index in [0.29, 0.717) is 18.3 Å². The Bertz CT molecular complexity index is 784. The summed E-state index contributed by atoms with van der Waals surface area (Å²) in [6, 6.07) is 7.93. The van der Waals surface area contributed by atoms with Gasteiger partial charge in [-0.2, -0.15) is 4.98 Å². The van der Waals surface area contributed by atoms with Gasteiger partial charge in [0.15, 0.2) is 5.82 Å². The van der Waals surface area contributed by atoms with Crippen LogP contribution in [-0.4, -0.2) is 34.2 Å². The van der Waals surface area contributed by atoms with Crippen molar-refractivity contribution in [2.75, 3.05) is 14.2 Å². The van der Waals surface area contributed by atoms with Gasteiger partial charge in [0.1, 0.15) is 10.8 Å². The first-order chi connectivity index (χ1) is 11.1. The molecule has 6 nitrogen and oxygen atoms in total. The normalized spacial score (nSPS) is 11.1. The highest BCUT2D eigenvalue weighted by Gasteiger charge is 2.10. The molecule has 0 atom stereocenters. The predicted molar refractivity (Wildman–Crippen MR) is 88.3 cm³/mol. The number of hydrogen-bond acceptors (Lipinski definition) is 7. The fourth-order valence-corrected chi connectivity index (χ4v) is 3.06. The Hall–Kier alpha value is -2.25. The first-order valence-electron chi connectivity index (χ1n) is 7.20. The van der Waals surface area contributed by atoms with E-state index in [1.54, 1.807) is 25.4 Å². The highest BCUT2D eigenvalue weighted by atomic mass is 32.1. The molecule has 0 aliphatic rings. The van der Waals surface area contributed by atoms with Gasteiger partial charge in [-0.25, -0.2) is 4.98 Å². The van der Waals surface area contributed by atoms with Crippen molar-refractivity contribution in [3.8, 4) is 16.3 Å². The lowest BCUT2D eigenvalue weighted by molar-refractivity contribution is 0.298. The molecule has 7 heteroatoms. The molecule has 0 radical (unpaired) electrons. The van der Waals surface area contributed by atoms with E-state index in [1.807, 2.05) is 31.3 Å². The van der Waals surface area contributed by atoms with Crippen molar-refractivity contribution in [3.63, 3.8) is 0 Å². The number of methoxy groups -OCH3 is 1. The van der Waals surface area contributed by atoms with Crippen LogP contribution >= 0.6 is 11.3 Å². The van der Waals surface area contributed by atoms with Gasteiger partial charge in [-0.3, -0.25) is 4.90 Å². The lowest BCUT2D eigenvalue weighted by atomic mass is 10.2. The van der Waals surface area contributed by atoms with Crippen LogP contribution in [0.25, 0.3) is 10.6 Å². The summed E-state index contributed by atoms with van der Waals surface area (Å²) >= 11 is 1.63. The van der Waals surface area contributed by atoms with Gasteiger partial charge >= 0.3 is 0 Å². The molecule has 0 spiro atoms. The van der Waals surface area contributed by atoms with Crippen LogP contribution in [-0.2, 0) is 13.1 Å². The van der Waals surface area contributed by atoms with Crippen LogP contribution in [0.4, 0.5) is 0 Å². The van der Waals surface area contributed by atoms with Crippen molar-refractivity contribution in [2.24, 2.45) is 0 Å². The lowest BCUT2D eigenvalue weighted by Gasteiger charge is -2.12. The quantitative estimate of drug-likeness (QED) is 0.692. The second-order valence-electron chi connectivity index (χ2n) is 5.28. The molecule has 0 aliphatic heterocycles. The maximum atomic E-state index is 5.26. The van der Waals surface area contributed by atoms with E-state index in [9.17, 15) is 0 Å². The fraction of sp³-hybridized carbons (Fsp3) is 0.312. The van der Waals surface area contributed by atoms with Crippen molar-refractivity contribution in [1.29, 1.82) is 0 Å². The Balaban J connectivity index is 1.66. The van der Waals surface area contributed by atoms with Crippen LogP contribution < -0.4 is 4.74 Å². The second-order valence-corrected chi connectivity index (χ2v) is 6.14. The molecule has 2 aromatic heterocycles. The molecule has 0 amide bonds. The lowest BCUT2D eigenvalue weighted by Crippen LogP contribution is -2.18. The van der Waals surface area contributed by atoms with Gasteiger partial charge < -0.3 is 9.26 Å². The Labute approximate surface area is 138 Å². The molecule has 0 unspecified atom stereocenters. The predicted octanol–water partition coefficient (Wildman–Crippen LogP) is 3.14. The van der Waals surface area contributed by atoms with Gasteiger partial charge in [-0.15, -0.1) is 11.3 Å². The van der Waals surface area contributed by atoms with E-state index in [-0.39, 0.29) is 0 Å². The fourth-order valence-electron chi connectivity index (χ4n) is 2.25. The number of hydrogen-bond donors (Lipinski definition) is 0. The SMILES string of the molecule is COc1cccc(-c2nc(CN(C)Cc3noc(C)n3)cs2)c1. The number of rotatable bonds is 6. The molecule has 23 heavy (non-hydrogen) atoms. The molecular weight excluding hydrogens is 312 g/mol. The third-order valence-corrected chi connectivity index (χ3v) is 4.22. The number of benzene rings is 1. The van der Waals surface area contributed by atoms with Crippen molar-refractivity contribution in [3.05, 3.63) is 47.1 Å². The first kappa shape index (κ1) is 15.6. The van der Waals surface area contributed by atoms with E-state index >= 15 is 0 Å². The summed E-state index contributed by atoms with van der Waals surface area (Å²) in [6.07, 6.45) is 0. The molecule has 0 aliphatic carbocycles. The second kappa shape index (κ2) is 6.89. The molecule has 0 saturated carbocycles. The molecular formula is C16H18N4O2S. The summed E-state index contributed by atoms with van der Waals surface area (Å²) in [6.45, 7) is 3.15. The zero-order valence-corrected chi connectivity index (χ0v) is 14.1. The average molecular weight is 330 g/mol. The van der Waals surface area contributed by atoms with E-state index in [0.717, 1.165) is 28.6 Å². The Morgan fingerprint density at radius 1 is 1.26 bits per heavy atom. The maximum Gasteiger partial charge on any atom is 0.223 e. The first-order valence-corrected chi connectivity index (χ1v) is 8.08. The van der Waals surface area contributed by atoms with Crippen molar-refractivity contribution in [1.82, 2.24) is 20.0 Å². The van der Waals surface area contributed by atoms with Crippen molar-refractivity contribution >= 4 is 11.3 Å². The van der Waals surface area contributed by atoms with Gasteiger partial charge in [0, 0.05) is 24.4 Å². The number of aryl methyl sites for hydroxylation is 1. The van der Waals surface area contributed by atoms with Gasteiger partial charge in [-0.05, 0) is 19.2 Å². The van der Waals surface area contributed by atoms with E-state index in [4.69, 9.17) is 14.2 Å². The number of thiazole rings is 1. The van der Waals surface area contributed by atoms with Gasteiger partial charge in [0.25, 0.3) is 0 Å². The summed E-state index contributed by atoms with van der Waals surface area (Å²) in [5.41, 5.74) is 2.09. The minimum absolute atomic E-state index is 0.586. The zero-order valence-electron chi connectivity index (χ0n) is 13.3. The Morgan fingerprint density at radius 3 is 2.87 bits per heavy atom. The topological polar surface area (TPSA) is 64.3 Å². The molecule has 0 N–H and O–H groups in total. The van der Waals surface area contributed by atoms with Crippen LogP contribution in [0, 0.1) is 6.92 Å². The number of aromatic nitrogens is 3. The maximum absolute atomic E-state index is 5.26. The molecule has 0 saturated heterocycles. The number of ether oxygens (including phenoxy) is 1.